The van der Waals surface area contributed by atoms with Crippen molar-refractivity contribution in [1.29, 1.82) is 0 Å². The van der Waals surface area contributed by atoms with E-state index in [0.717, 1.165) is 11.1 Å². The van der Waals surface area contributed by atoms with Crippen molar-refractivity contribution >= 4 is 11.6 Å². The van der Waals surface area contributed by atoms with E-state index in [1.165, 1.54) is 28.6 Å². The highest BCUT2D eigenvalue weighted by atomic mass is 19.3. The predicted molar refractivity (Wildman–Crippen MR) is 117 cm³/mol. The minimum Gasteiger partial charge on any atom is -0.471 e. The van der Waals surface area contributed by atoms with Gasteiger partial charge in [0.1, 0.15) is 22.9 Å². The molecule has 0 saturated heterocycles. The Morgan fingerprint density at radius 2 is 1.89 bits per heavy atom. The van der Waals surface area contributed by atoms with Crippen LogP contribution in [0.25, 0.3) is 0 Å². The number of nitrogens with zero attached hydrogens (tertiary/aromatic N) is 4. The Bertz CT molecular complexity index is 1280. The molecule has 4 rings (SSSR count). The number of aromatic nitrogens is 4. The Hall–Kier alpha value is -4.09. The van der Waals surface area contributed by atoms with E-state index in [4.69, 9.17) is 9.15 Å². The first-order valence-corrected chi connectivity index (χ1v) is 10.6. The number of hydrogen-bond donors (Lipinski definition) is 1. The lowest BCUT2D eigenvalue weighted by molar-refractivity contribution is 0.0994. The van der Waals surface area contributed by atoms with Gasteiger partial charge in [-0.3, -0.25) is 9.48 Å². The molecule has 12 heteroatoms. The maximum Gasteiger partial charge on any atom is 0.291 e. The third kappa shape index (κ3) is 5.89. The molecule has 35 heavy (non-hydrogen) atoms. The first kappa shape index (κ1) is 24.0. The molecule has 0 bridgehead atoms. The third-order valence-corrected chi connectivity index (χ3v) is 5.05. The van der Waals surface area contributed by atoms with Crippen molar-refractivity contribution in [3.05, 3.63) is 83.3 Å². The minimum atomic E-state index is -3.00. The van der Waals surface area contributed by atoms with Crippen molar-refractivity contribution in [2.24, 2.45) is 0 Å². The van der Waals surface area contributed by atoms with Crippen LogP contribution in [0.2, 0.25) is 0 Å². The van der Waals surface area contributed by atoms with Gasteiger partial charge in [-0.2, -0.15) is 10.2 Å². The van der Waals surface area contributed by atoms with Crippen molar-refractivity contribution in [1.82, 2.24) is 19.6 Å². The van der Waals surface area contributed by atoms with E-state index in [-0.39, 0.29) is 24.8 Å². The van der Waals surface area contributed by atoms with E-state index in [0.29, 0.717) is 17.5 Å². The Morgan fingerprint density at radius 3 is 2.57 bits per heavy atom. The molecule has 0 atom stereocenters. The van der Waals surface area contributed by atoms with Gasteiger partial charge in [0.05, 0.1) is 24.6 Å². The molecule has 8 nitrogen and oxygen atoms in total. The van der Waals surface area contributed by atoms with Crippen LogP contribution in [-0.2, 0) is 19.7 Å². The van der Waals surface area contributed by atoms with E-state index in [9.17, 15) is 22.4 Å². The molecule has 0 aliphatic heterocycles. The SMILES string of the molecule is CCc1ccc(OCn2cc(NC(=O)c3ccc(Cn4nc(C(F)F)cc4C(F)F)o3)cn2)cc1. The van der Waals surface area contributed by atoms with Crippen LogP contribution in [0, 0.1) is 0 Å². The van der Waals surface area contributed by atoms with E-state index < -0.39 is 30.1 Å². The van der Waals surface area contributed by atoms with Gasteiger partial charge in [0.15, 0.2) is 12.5 Å². The number of alkyl halides is 4. The largest absolute Gasteiger partial charge is 0.471 e. The average Bonchev–Trinajstić information content (AvgIpc) is 3.58. The van der Waals surface area contributed by atoms with Crippen molar-refractivity contribution in [2.75, 3.05) is 5.32 Å². The molecular weight excluding hydrogens is 470 g/mol. The molecule has 0 fully saturated rings. The maximum absolute atomic E-state index is 13.1. The van der Waals surface area contributed by atoms with Gasteiger partial charge < -0.3 is 14.5 Å². The Balaban J connectivity index is 1.35. The molecule has 0 aliphatic rings. The second kappa shape index (κ2) is 10.5. The van der Waals surface area contributed by atoms with E-state index in [2.05, 4.69) is 22.4 Å². The van der Waals surface area contributed by atoms with Gasteiger partial charge in [-0.1, -0.05) is 19.1 Å². The van der Waals surface area contributed by atoms with Crippen LogP contribution < -0.4 is 10.1 Å². The molecule has 184 valence electrons. The fourth-order valence-corrected chi connectivity index (χ4v) is 3.25. The first-order valence-electron chi connectivity index (χ1n) is 10.6. The van der Waals surface area contributed by atoms with E-state index in [1.807, 2.05) is 24.3 Å². The van der Waals surface area contributed by atoms with Crippen LogP contribution in [0.5, 0.6) is 5.75 Å². The van der Waals surface area contributed by atoms with Crippen LogP contribution in [0.15, 0.2) is 59.3 Å². The number of halogens is 4. The van der Waals surface area contributed by atoms with Crippen LogP contribution in [0.4, 0.5) is 23.2 Å². The number of carbonyl (C=O) groups is 1. The van der Waals surface area contributed by atoms with Gasteiger partial charge in [0, 0.05) is 0 Å². The Kier molecular flexibility index (Phi) is 7.18. The molecule has 3 heterocycles. The summed E-state index contributed by atoms with van der Waals surface area (Å²) < 4.78 is 65.2. The van der Waals surface area contributed by atoms with Crippen LogP contribution in [-0.4, -0.2) is 25.5 Å². The number of ether oxygens (including phenoxy) is 1. The smallest absolute Gasteiger partial charge is 0.291 e. The van der Waals surface area contributed by atoms with Gasteiger partial charge in [-0.15, -0.1) is 0 Å². The number of furan rings is 1. The summed E-state index contributed by atoms with van der Waals surface area (Å²) in [5, 5.41) is 10.2. The van der Waals surface area contributed by atoms with Gasteiger partial charge in [0.25, 0.3) is 18.8 Å². The molecule has 0 saturated carbocycles. The highest BCUT2D eigenvalue weighted by Gasteiger charge is 2.22. The summed E-state index contributed by atoms with van der Waals surface area (Å²) in [6, 6.07) is 11.0. The van der Waals surface area contributed by atoms with E-state index in [1.54, 1.807) is 6.20 Å². The topological polar surface area (TPSA) is 87.1 Å². The highest BCUT2D eigenvalue weighted by molar-refractivity contribution is 6.02. The fraction of sp³-hybridized carbons (Fsp3) is 0.261. The number of amides is 1. The molecule has 0 aliphatic carbocycles. The molecule has 0 spiro atoms. The van der Waals surface area contributed by atoms with E-state index >= 15 is 0 Å². The number of anilines is 1. The number of benzene rings is 1. The maximum atomic E-state index is 13.1. The molecule has 1 aromatic carbocycles. The summed E-state index contributed by atoms with van der Waals surface area (Å²) in [6.45, 7) is 1.85. The number of hydrogen-bond acceptors (Lipinski definition) is 5. The summed E-state index contributed by atoms with van der Waals surface area (Å²) in [5.74, 6) is 0.0768. The number of rotatable bonds is 10. The van der Waals surface area contributed by atoms with Crippen LogP contribution in [0.3, 0.4) is 0 Å². The monoisotopic (exact) mass is 491 g/mol. The zero-order chi connectivity index (χ0) is 24.9. The summed E-state index contributed by atoms with van der Waals surface area (Å²) in [4.78, 5) is 12.5. The molecule has 3 aromatic heterocycles. The second-order valence-corrected chi connectivity index (χ2v) is 7.51. The quantitative estimate of drug-likeness (QED) is 0.298. The molecule has 4 aromatic rings. The third-order valence-electron chi connectivity index (χ3n) is 5.05. The number of nitrogens with one attached hydrogen (secondary N) is 1. The van der Waals surface area contributed by atoms with Gasteiger partial charge in [-0.25, -0.2) is 22.2 Å². The summed E-state index contributed by atoms with van der Waals surface area (Å²) in [7, 11) is 0. The molecule has 1 N–H and O–H groups in total. The zero-order valence-corrected chi connectivity index (χ0v) is 18.5. The molecule has 0 unspecified atom stereocenters. The van der Waals surface area contributed by atoms with Gasteiger partial charge in [-0.05, 0) is 42.3 Å². The zero-order valence-electron chi connectivity index (χ0n) is 18.5. The van der Waals surface area contributed by atoms with Crippen molar-refractivity contribution in [3.63, 3.8) is 0 Å². The summed E-state index contributed by atoms with van der Waals surface area (Å²) in [5.41, 5.74) is 0.147. The lowest BCUT2D eigenvalue weighted by atomic mass is 10.2. The Morgan fingerprint density at radius 1 is 1.11 bits per heavy atom. The first-order chi connectivity index (χ1) is 16.8. The fourth-order valence-electron chi connectivity index (χ4n) is 3.25. The molecular formula is C23H21F4N5O3. The lowest BCUT2D eigenvalue weighted by Crippen LogP contribution is -2.11. The Labute approximate surface area is 197 Å². The van der Waals surface area contributed by atoms with Crippen LogP contribution in [0.1, 0.15) is 53.0 Å². The second-order valence-electron chi connectivity index (χ2n) is 7.51. The summed E-state index contributed by atoms with van der Waals surface area (Å²) >= 11 is 0. The number of aryl methyl sites for hydroxylation is 1. The van der Waals surface area contributed by atoms with Gasteiger partial charge in [0.2, 0.25) is 0 Å². The average molecular weight is 491 g/mol. The predicted octanol–water partition coefficient (Wildman–Crippen LogP) is 5.45. The number of carbonyl (C=O) groups excluding carboxylic acids is 1. The minimum absolute atomic E-state index is 0.0964. The van der Waals surface area contributed by atoms with Crippen molar-refractivity contribution in [2.45, 2.75) is 39.5 Å². The lowest BCUT2D eigenvalue weighted by Gasteiger charge is -2.06. The van der Waals surface area contributed by atoms with Crippen molar-refractivity contribution < 1.29 is 31.5 Å². The van der Waals surface area contributed by atoms with Crippen molar-refractivity contribution in [3.8, 4) is 5.75 Å². The highest BCUT2D eigenvalue weighted by Crippen LogP contribution is 2.26. The summed E-state index contributed by atoms with van der Waals surface area (Å²) in [6.07, 6.45) is -2.06. The van der Waals surface area contributed by atoms with Gasteiger partial charge >= 0.3 is 0 Å². The van der Waals surface area contributed by atoms with Crippen LogP contribution >= 0.6 is 0 Å². The molecule has 0 radical (unpaired) electrons. The standard InChI is InChI=1S/C23H21F4N5O3/c1-2-14-3-5-16(6-4-14)34-13-31-11-15(10-28-31)29-23(33)20-8-7-17(35-20)12-32-19(22(26)27)9-18(30-32)21(24)25/h3-11,21-22H,2,12-13H2,1H3,(H,29,33). The molecule has 1 amide bonds. The normalized spacial score (nSPS) is 11.4.